The van der Waals surface area contributed by atoms with Crippen LogP contribution in [-0.4, -0.2) is 18.3 Å². The van der Waals surface area contributed by atoms with Gasteiger partial charge in [-0.15, -0.1) is 0 Å². The molecule has 1 N–H and O–H groups in total. The summed E-state index contributed by atoms with van der Waals surface area (Å²) in [5.41, 5.74) is 1.25. The van der Waals surface area contributed by atoms with Gasteiger partial charge in [-0.05, 0) is 23.8 Å². The Balaban J connectivity index is 2.00. The number of hydrogen-bond acceptors (Lipinski definition) is 3. The molecule has 1 unspecified atom stereocenters. The average molecular weight is 325 g/mol. The number of fused-ring (bicyclic) bond motifs is 1. The van der Waals surface area contributed by atoms with Crippen molar-refractivity contribution in [2.75, 3.05) is 13.2 Å². The zero-order valence-corrected chi connectivity index (χ0v) is 12.7. The van der Waals surface area contributed by atoms with E-state index in [2.05, 4.69) is 0 Å². The van der Waals surface area contributed by atoms with Gasteiger partial charge < -0.3 is 14.6 Å². The van der Waals surface area contributed by atoms with E-state index in [4.69, 9.17) is 32.7 Å². The first-order valence-corrected chi connectivity index (χ1v) is 7.43. The summed E-state index contributed by atoms with van der Waals surface area (Å²) in [7, 11) is 0. The van der Waals surface area contributed by atoms with Crippen LogP contribution in [0.5, 0.6) is 11.5 Å². The van der Waals surface area contributed by atoms with Gasteiger partial charge >= 0.3 is 0 Å². The number of aliphatic hydroxyl groups excluding tert-OH is 1. The maximum absolute atomic E-state index is 10.5. The van der Waals surface area contributed by atoms with Crippen molar-refractivity contribution in [3.63, 3.8) is 0 Å². The van der Waals surface area contributed by atoms with Gasteiger partial charge in [0.25, 0.3) is 0 Å². The predicted octanol–water partition coefficient (Wildman–Crippen LogP) is 4.24. The van der Waals surface area contributed by atoms with E-state index < -0.39 is 6.10 Å². The Kier molecular flexibility index (Phi) is 4.24. The van der Waals surface area contributed by atoms with Gasteiger partial charge in [-0.2, -0.15) is 0 Å². The summed E-state index contributed by atoms with van der Waals surface area (Å²) in [4.78, 5) is 0. The molecule has 0 saturated carbocycles. The van der Waals surface area contributed by atoms with Crippen molar-refractivity contribution < 1.29 is 14.6 Å². The first-order chi connectivity index (χ1) is 10.1. The summed E-state index contributed by atoms with van der Waals surface area (Å²) in [6.07, 6.45) is -0.0493. The quantitative estimate of drug-likeness (QED) is 0.898. The van der Waals surface area contributed by atoms with Crippen molar-refractivity contribution in [3.05, 3.63) is 57.6 Å². The van der Waals surface area contributed by atoms with Crippen molar-refractivity contribution in [1.82, 2.24) is 0 Å². The van der Waals surface area contributed by atoms with E-state index in [0.717, 1.165) is 6.42 Å². The molecule has 110 valence electrons. The van der Waals surface area contributed by atoms with Crippen LogP contribution in [0.1, 0.15) is 23.7 Å². The van der Waals surface area contributed by atoms with E-state index in [0.29, 0.717) is 45.9 Å². The average Bonchev–Trinajstić information content (AvgIpc) is 2.70. The van der Waals surface area contributed by atoms with Gasteiger partial charge in [0.2, 0.25) is 0 Å². The molecule has 2 aromatic rings. The van der Waals surface area contributed by atoms with E-state index in [-0.39, 0.29) is 0 Å². The summed E-state index contributed by atoms with van der Waals surface area (Å²) in [5, 5.41) is 11.5. The van der Waals surface area contributed by atoms with Crippen molar-refractivity contribution >= 4 is 23.2 Å². The lowest BCUT2D eigenvalue weighted by atomic mass is 10.0. The van der Waals surface area contributed by atoms with Crippen LogP contribution in [0.25, 0.3) is 0 Å². The van der Waals surface area contributed by atoms with Crippen LogP contribution < -0.4 is 9.47 Å². The Hall–Kier alpha value is -1.42. The van der Waals surface area contributed by atoms with E-state index in [9.17, 15) is 5.11 Å². The number of halogens is 2. The fraction of sp³-hybridized carbons (Fsp3) is 0.250. The van der Waals surface area contributed by atoms with Gasteiger partial charge in [0.15, 0.2) is 11.5 Å². The Labute approximate surface area is 133 Å². The molecule has 2 aromatic carbocycles. The van der Waals surface area contributed by atoms with Gasteiger partial charge in [-0.25, -0.2) is 0 Å². The summed E-state index contributed by atoms with van der Waals surface area (Å²) in [6, 6.07) is 10.5. The van der Waals surface area contributed by atoms with Gasteiger partial charge in [0.1, 0.15) is 6.10 Å². The Morgan fingerprint density at radius 1 is 1.00 bits per heavy atom. The molecule has 1 aliphatic rings. The van der Waals surface area contributed by atoms with Crippen molar-refractivity contribution in [3.8, 4) is 11.5 Å². The summed E-state index contributed by atoms with van der Waals surface area (Å²) < 4.78 is 11.2. The van der Waals surface area contributed by atoms with Crippen LogP contribution in [0, 0.1) is 0 Å². The van der Waals surface area contributed by atoms with Crippen LogP contribution in [0.3, 0.4) is 0 Å². The van der Waals surface area contributed by atoms with Crippen LogP contribution in [0.15, 0.2) is 36.4 Å². The monoisotopic (exact) mass is 324 g/mol. The Morgan fingerprint density at radius 3 is 2.43 bits per heavy atom. The molecule has 0 bridgehead atoms. The molecule has 1 aliphatic heterocycles. The number of hydrogen-bond donors (Lipinski definition) is 1. The molecular formula is C16H14Cl2O3. The van der Waals surface area contributed by atoms with E-state index in [1.807, 2.05) is 0 Å². The molecule has 0 fully saturated rings. The van der Waals surface area contributed by atoms with E-state index in [1.165, 1.54) is 0 Å². The van der Waals surface area contributed by atoms with E-state index >= 15 is 0 Å². The van der Waals surface area contributed by atoms with Crippen molar-refractivity contribution in [2.24, 2.45) is 0 Å². The number of aliphatic hydroxyl groups is 1. The highest BCUT2D eigenvalue weighted by Crippen LogP contribution is 2.39. The minimum atomic E-state index is -0.867. The number of benzene rings is 2. The molecular weight excluding hydrogens is 311 g/mol. The molecule has 0 aromatic heterocycles. The third kappa shape index (κ3) is 3.10. The largest absolute Gasteiger partial charge is 0.490 e. The molecule has 1 heterocycles. The highest BCUT2D eigenvalue weighted by Gasteiger charge is 2.20. The Bertz CT molecular complexity index is 658. The van der Waals surface area contributed by atoms with Crippen LogP contribution in [-0.2, 0) is 0 Å². The van der Waals surface area contributed by atoms with E-state index in [1.54, 1.807) is 36.4 Å². The highest BCUT2D eigenvalue weighted by atomic mass is 35.5. The molecule has 0 aliphatic carbocycles. The fourth-order valence-electron chi connectivity index (χ4n) is 2.27. The molecule has 1 atom stereocenters. The molecule has 0 saturated heterocycles. The van der Waals surface area contributed by atoms with Crippen LogP contribution >= 0.6 is 23.2 Å². The lowest BCUT2D eigenvalue weighted by Crippen LogP contribution is -2.02. The second-order valence-electron chi connectivity index (χ2n) is 4.83. The molecule has 3 rings (SSSR count). The topological polar surface area (TPSA) is 38.7 Å². The minimum absolute atomic E-state index is 0.437. The van der Waals surface area contributed by atoms with Crippen molar-refractivity contribution in [1.29, 1.82) is 0 Å². The summed E-state index contributed by atoms with van der Waals surface area (Å²) >= 11 is 12.2. The summed E-state index contributed by atoms with van der Waals surface area (Å²) in [6.45, 7) is 1.18. The predicted molar refractivity (Wildman–Crippen MR) is 82.6 cm³/mol. The first kappa shape index (κ1) is 14.5. The second kappa shape index (κ2) is 6.14. The smallest absolute Gasteiger partial charge is 0.162 e. The lowest BCUT2D eigenvalue weighted by Gasteiger charge is -2.16. The maximum Gasteiger partial charge on any atom is 0.162 e. The molecule has 3 nitrogen and oxygen atoms in total. The fourth-order valence-corrected chi connectivity index (χ4v) is 2.72. The minimum Gasteiger partial charge on any atom is -0.490 e. The van der Waals surface area contributed by atoms with Gasteiger partial charge in [-0.1, -0.05) is 35.3 Å². The molecule has 0 spiro atoms. The standard InChI is InChI=1S/C16H14Cl2O3/c17-11-4-1-3-10(7-11)16(19)12-8-14-15(9-13(12)18)21-6-2-5-20-14/h1,3-4,7-9,16,19H,2,5-6H2. The zero-order valence-electron chi connectivity index (χ0n) is 11.2. The second-order valence-corrected chi connectivity index (χ2v) is 5.67. The van der Waals surface area contributed by atoms with Gasteiger partial charge in [-0.3, -0.25) is 0 Å². The number of ether oxygens (including phenoxy) is 2. The summed E-state index contributed by atoms with van der Waals surface area (Å²) in [5.74, 6) is 1.22. The zero-order chi connectivity index (χ0) is 14.8. The Morgan fingerprint density at radius 2 is 1.71 bits per heavy atom. The SMILES string of the molecule is OC(c1cccc(Cl)c1)c1cc2c(cc1Cl)OCCCO2. The van der Waals surface area contributed by atoms with Gasteiger partial charge in [0.05, 0.1) is 18.2 Å². The highest BCUT2D eigenvalue weighted by molar-refractivity contribution is 6.31. The first-order valence-electron chi connectivity index (χ1n) is 6.68. The third-order valence-corrected chi connectivity index (χ3v) is 3.89. The number of rotatable bonds is 2. The maximum atomic E-state index is 10.5. The van der Waals surface area contributed by atoms with Crippen molar-refractivity contribution in [2.45, 2.75) is 12.5 Å². The molecule has 0 amide bonds. The molecule has 21 heavy (non-hydrogen) atoms. The van der Waals surface area contributed by atoms with Crippen LogP contribution in [0.4, 0.5) is 0 Å². The van der Waals surface area contributed by atoms with Crippen LogP contribution in [0.2, 0.25) is 10.0 Å². The lowest BCUT2D eigenvalue weighted by molar-refractivity contribution is 0.219. The molecule has 0 radical (unpaired) electrons. The normalized spacial score (nSPS) is 15.4. The van der Waals surface area contributed by atoms with Gasteiger partial charge in [0, 0.05) is 23.1 Å². The third-order valence-electron chi connectivity index (χ3n) is 3.33. The molecule has 5 heteroatoms.